The molecule has 1 atom stereocenters. The van der Waals surface area contributed by atoms with Crippen LogP contribution in [0.1, 0.15) is 31.2 Å². The number of halogens is 8. The van der Waals surface area contributed by atoms with Gasteiger partial charge in [0.25, 0.3) is 0 Å². The van der Waals surface area contributed by atoms with E-state index in [9.17, 15) is 40.2 Å². The predicted molar refractivity (Wildman–Crippen MR) is 106 cm³/mol. The lowest BCUT2D eigenvalue weighted by molar-refractivity contribution is -0.289. The Hall–Kier alpha value is -2.76. The second-order valence-electron chi connectivity index (χ2n) is 7.83. The summed E-state index contributed by atoms with van der Waals surface area (Å²) in [5, 5.41) is 10.1. The lowest BCUT2D eigenvalue weighted by atomic mass is 10.1. The summed E-state index contributed by atoms with van der Waals surface area (Å²) in [7, 11) is 0. The first-order valence-electron chi connectivity index (χ1n) is 10.3. The third-order valence-electron chi connectivity index (χ3n) is 5.20. The van der Waals surface area contributed by atoms with Crippen LogP contribution in [0.5, 0.6) is 11.5 Å². The number of nitrogens with zero attached hydrogens (tertiary/aromatic N) is 1. The number of hydroxylamine groups is 1. The highest BCUT2D eigenvalue weighted by molar-refractivity contribution is 5.50. The first kappa shape index (κ1) is 25.9. The zero-order valence-corrected chi connectivity index (χ0v) is 17.5. The van der Waals surface area contributed by atoms with E-state index in [0.29, 0.717) is 22.9 Å². The average Bonchev–Trinajstić information content (AvgIpc) is 3.25. The third kappa shape index (κ3) is 6.22. The largest absolute Gasteiger partial charge is 0.490 e. The fourth-order valence-electron chi connectivity index (χ4n) is 3.41. The van der Waals surface area contributed by atoms with Gasteiger partial charge >= 0.3 is 18.3 Å². The summed E-state index contributed by atoms with van der Waals surface area (Å²) in [6.45, 7) is -1.18. The standard InChI is InChI=1S/C22H21F8NO3/c23-20(24,22(28,29)30)14-5-3-10-18(11-14)34-31(13-19(32)21(25,26)27)15-6-4-9-17(12-15)33-16-7-1-2-8-16/h3-6,9-12,16,19,32H,1-2,7-8,13H2/t19-/m0/s1. The van der Waals surface area contributed by atoms with E-state index in [-0.39, 0.29) is 11.8 Å². The SMILES string of the molecule is O[C@@H](CN(Oc1cccc(C(F)(F)C(F)(F)F)c1)c1cccc(OC2CCCC2)c1)C(F)(F)F. The fraction of sp³-hybridized carbons (Fsp3) is 0.455. The van der Waals surface area contributed by atoms with Crippen LogP contribution < -0.4 is 14.6 Å². The van der Waals surface area contributed by atoms with E-state index < -0.39 is 42.2 Å². The maximum Gasteiger partial charge on any atom is 0.458 e. The van der Waals surface area contributed by atoms with Crippen LogP contribution in [-0.2, 0) is 5.92 Å². The average molecular weight is 499 g/mol. The second kappa shape index (κ2) is 9.85. The highest BCUT2D eigenvalue weighted by atomic mass is 19.4. The molecule has 0 aromatic heterocycles. The van der Waals surface area contributed by atoms with Crippen LogP contribution in [0.3, 0.4) is 0 Å². The van der Waals surface area contributed by atoms with E-state index in [1.165, 1.54) is 18.2 Å². The Morgan fingerprint density at radius 2 is 1.50 bits per heavy atom. The van der Waals surface area contributed by atoms with E-state index in [2.05, 4.69) is 0 Å². The maximum absolute atomic E-state index is 13.7. The predicted octanol–water partition coefficient (Wildman–Crippen LogP) is 6.39. The zero-order valence-electron chi connectivity index (χ0n) is 17.5. The Bertz CT molecular complexity index is 958. The molecule has 0 amide bonds. The summed E-state index contributed by atoms with van der Waals surface area (Å²) >= 11 is 0. The normalized spacial score (nSPS) is 16.4. The summed E-state index contributed by atoms with van der Waals surface area (Å²) in [6.07, 6.45) is -10.4. The minimum absolute atomic E-state index is 0.0354. The van der Waals surface area contributed by atoms with Crippen molar-refractivity contribution in [1.29, 1.82) is 0 Å². The molecule has 1 aliphatic carbocycles. The molecule has 1 fully saturated rings. The lowest BCUT2D eigenvalue weighted by Gasteiger charge is -2.28. The van der Waals surface area contributed by atoms with Gasteiger partial charge in [-0.05, 0) is 49.9 Å². The Balaban J connectivity index is 1.89. The van der Waals surface area contributed by atoms with Crippen LogP contribution in [0.2, 0.25) is 0 Å². The van der Waals surface area contributed by atoms with E-state index in [4.69, 9.17) is 9.57 Å². The molecule has 1 N–H and O–H groups in total. The topological polar surface area (TPSA) is 41.9 Å². The molecule has 12 heteroatoms. The minimum atomic E-state index is -5.89. The molecule has 0 heterocycles. The number of alkyl halides is 8. The van der Waals surface area contributed by atoms with Crippen LogP contribution in [0.15, 0.2) is 48.5 Å². The quantitative estimate of drug-likeness (QED) is 0.338. The Morgan fingerprint density at radius 3 is 2.12 bits per heavy atom. The van der Waals surface area contributed by atoms with Crippen molar-refractivity contribution in [3.05, 3.63) is 54.1 Å². The summed E-state index contributed by atoms with van der Waals surface area (Å²) < 4.78 is 110. The highest BCUT2D eigenvalue weighted by Crippen LogP contribution is 2.44. The molecule has 0 saturated heterocycles. The molecule has 0 bridgehead atoms. The van der Waals surface area contributed by atoms with Gasteiger partial charge in [0.15, 0.2) is 11.9 Å². The van der Waals surface area contributed by atoms with E-state index >= 15 is 0 Å². The van der Waals surface area contributed by atoms with Crippen molar-refractivity contribution >= 4 is 5.69 Å². The molecule has 1 aliphatic rings. The molecular weight excluding hydrogens is 478 g/mol. The monoisotopic (exact) mass is 499 g/mol. The van der Waals surface area contributed by atoms with Gasteiger partial charge in [0, 0.05) is 11.6 Å². The van der Waals surface area contributed by atoms with Crippen LogP contribution in [-0.4, -0.2) is 36.2 Å². The summed E-state index contributed by atoms with van der Waals surface area (Å²) in [5.41, 5.74) is -1.49. The second-order valence-corrected chi connectivity index (χ2v) is 7.83. The number of ether oxygens (including phenoxy) is 1. The van der Waals surface area contributed by atoms with Gasteiger partial charge in [0.2, 0.25) is 0 Å². The third-order valence-corrected chi connectivity index (χ3v) is 5.20. The molecule has 4 nitrogen and oxygen atoms in total. The fourth-order valence-corrected chi connectivity index (χ4v) is 3.41. The molecule has 2 aromatic rings. The van der Waals surface area contributed by atoms with Crippen molar-refractivity contribution in [3.8, 4) is 11.5 Å². The van der Waals surface area contributed by atoms with Crippen molar-refractivity contribution < 1.29 is 49.8 Å². The maximum atomic E-state index is 13.7. The van der Waals surface area contributed by atoms with Crippen molar-refractivity contribution in [2.45, 2.75) is 56.2 Å². The van der Waals surface area contributed by atoms with Gasteiger partial charge in [-0.25, -0.2) is 5.06 Å². The molecule has 3 rings (SSSR count). The molecular formula is C22H21F8NO3. The Kier molecular flexibility index (Phi) is 7.49. The zero-order chi connectivity index (χ0) is 25.1. The molecule has 1 saturated carbocycles. The lowest BCUT2D eigenvalue weighted by Crippen LogP contribution is -2.42. The van der Waals surface area contributed by atoms with Gasteiger partial charge < -0.3 is 14.7 Å². The molecule has 0 spiro atoms. The van der Waals surface area contributed by atoms with Crippen molar-refractivity contribution in [3.63, 3.8) is 0 Å². The van der Waals surface area contributed by atoms with Gasteiger partial charge in [0.05, 0.1) is 18.3 Å². The van der Waals surface area contributed by atoms with Crippen molar-refractivity contribution in [2.75, 3.05) is 11.6 Å². The molecule has 0 aliphatic heterocycles. The highest BCUT2D eigenvalue weighted by Gasteiger charge is 2.58. The van der Waals surface area contributed by atoms with Gasteiger partial charge in [0.1, 0.15) is 5.75 Å². The first-order valence-corrected chi connectivity index (χ1v) is 10.3. The summed E-state index contributed by atoms with van der Waals surface area (Å²) in [4.78, 5) is 5.26. The van der Waals surface area contributed by atoms with E-state index in [0.717, 1.165) is 37.8 Å². The van der Waals surface area contributed by atoms with Crippen molar-refractivity contribution in [2.24, 2.45) is 0 Å². The smallest absolute Gasteiger partial charge is 0.458 e. The number of hydrogen-bond acceptors (Lipinski definition) is 4. The summed E-state index contributed by atoms with van der Waals surface area (Å²) in [6, 6.07) is 8.40. The van der Waals surface area contributed by atoms with Gasteiger partial charge in [-0.3, -0.25) is 0 Å². The Morgan fingerprint density at radius 1 is 0.882 bits per heavy atom. The number of hydrogen-bond donors (Lipinski definition) is 1. The summed E-state index contributed by atoms with van der Waals surface area (Å²) in [5.74, 6) is -5.49. The molecule has 0 radical (unpaired) electrons. The van der Waals surface area contributed by atoms with Crippen LogP contribution >= 0.6 is 0 Å². The molecule has 34 heavy (non-hydrogen) atoms. The van der Waals surface area contributed by atoms with E-state index in [1.807, 2.05) is 0 Å². The van der Waals surface area contributed by atoms with Gasteiger partial charge in [-0.15, -0.1) is 0 Å². The van der Waals surface area contributed by atoms with E-state index in [1.54, 1.807) is 6.07 Å². The van der Waals surface area contributed by atoms with Crippen LogP contribution in [0.25, 0.3) is 0 Å². The minimum Gasteiger partial charge on any atom is -0.490 e. The number of aliphatic hydroxyl groups excluding tert-OH is 1. The number of anilines is 1. The van der Waals surface area contributed by atoms with Gasteiger partial charge in [-0.2, -0.15) is 35.1 Å². The number of rotatable bonds is 8. The van der Waals surface area contributed by atoms with Crippen molar-refractivity contribution in [1.82, 2.24) is 0 Å². The van der Waals surface area contributed by atoms with Crippen LogP contribution in [0, 0.1) is 0 Å². The number of benzene rings is 2. The molecule has 188 valence electrons. The van der Waals surface area contributed by atoms with Crippen LogP contribution in [0.4, 0.5) is 40.8 Å². The first-order chi connectivity index (χ1) is 15.8. The molecule has 0 unspecified atom stereocenters. The molecule has 2 aromatic carbocycles. The Labute approximate surface area is 189 Å². The number of aliphatic hydroxyl groups is 1. The van der Waals surface area contributed by atoms with Gasteiger partial charge in [-0.1, -0.05) is 18.2 Å².